The first-order valence-corrected chi connectivity index (χ1v) is 8.66. The summed E-state index contributed by atoms with van der Waals surface area (Å²) in [7, 11) is 1.55. The molecule has 28 heavy (non-hydrogen) atoms. The Morgan fingerprint density at radius 3 is 2.68 bits per heavy atom. The number of amides is 1. The Morgan fingerprint density at radius 1 is 1.18 bits per heavy atom. The number of aromatic amines is 1. The summed E-state index contributed by atoms with van der Waals surface area (Å²) in [4.78, 5) is 26.9. The van der Waals surface area contributed by atoms with Gasteiger partial charge in [-0.3, -0.25) is 9.59 Å². The lowest BCUT2D eigenvalue weighted by atomic mass is 10.2. The van der Waals surface area contributed by atoms with E-state index in [-0.39, 0.29) is 42.4 Å². The molecule has 2 aromatic carbocycles. The second kappa shape index (κ2) is 8.90. The summed E-state index contributed by atoms with van der Waals surface area (Å²) < 4.78 is 18.0. The van der Waals surface area contributed by atoms with Gasteiger partial charge in [0.1, 0.15) is 17.3 Å². The zero-order valence-corrected chi connectivity index (χ0v) is 15.2. The third-order valence-corrected chi connectivity index (χ3v) is 4.10. The molecule has 0 fully saturated rings. The first-order valence-electron chi connectivity index (χ1n) is 8.66. The SMILES string of the molecule is COc1cccc(-c2nnc(CCC(=O)NCc3ccc(F)cc3)c(=O)[nH]2)c1. The van der Waals surface area contributed by atoms with Gasteiger partial charge < -0.3 is 15.0 Å². The van der Waals surface area contributed by atoms with Gasteiger partial charge in [0.05, 0.1) is 7.11 Å². The molecule has 0 spiro atoms. The van der Waals surface area contributed by atoms with Gasteiger partial charge >= 0.3 is 0 Å². The molecule has 0 saturated heterocycles. The molecule has 0 bridgehead atoms. The van der Waals surface area contributed by atoms with Crippen molar-refractivity contribution in [2.24, 2.45) is 0 Å². The molecule has 0 saturated carbocycles. The maximum absolute atomic E-state index is 12.9. The number of nitrogens with zero attached hydrogens (tertiary/aromatic N) is 2. The molecule has 0 aliphatic carbocycles. The summed E-state index contributed by atoms with van der Waals surface area (Å²) >= 11 is 0. The molecule has 0 aliphatic heterocycles. The van der Waals surface area contributed by atoms with Crippen LogP contribution in [-0.2, 0) is 17.8 Å². The van der Waals surface area contributed by atoms with E-state index >= 15 is 0 Å². The van der Waals surface area contributed by atoms with Gasteiger partial charge in [0.15, 0.2) is 5.82 Å². The quantitative estimate of drug-likeness (QED) is 0.653. The number of H-pyrrole nitrogens is 1. The van der Waals surface area contributed by atoms with Crippen LogP contribution in [0.3, 0.4) is 0 Å². The predicted molar refractivity (Wildman–Crippen MR) is 101 cm³/mol. The second-order valence-corrected chi connectivity index (χ2v) is 6.08. The van der Waals surface area contributed by atoms with Gasteiger partial charge in [-0.2, -0.15) is 0 Å². The summed E-state index contributed by atoms with van der Waals surface area (Å²) in [6.45, 7) is 0.288. The molecule has 0 aliphatic rings. The van der Waals surface area contributed by atoms with Crippen molar-refractivity contribution >= 4 is 5.91 Å². The lowest BCUT2D eigenvalue weighted by Crippen LogP contribution is -2.25. The van der Waals surface area contributed by atoms with Crippen LogP contribution in [0.15, 0.2) is 53.3 Å². The largest absolute Gasteiger partial charge is 0.497 e. The number of carbonyl (C=O) groups excluding carboxylic acids is 1. The molecular weight excluding hydrogens is 363 g/mol. The molecule has 1 heterocycles. The van der Waals surface area contributed by atoms with E-state index in [4.69, 9.17) is 4.74 Å². The third-order valence-electron chi connectivity index (χ3n) is 4.10. The lowest BCUT2D eigenvalue weighted by Gasteiger charge is -2.06. The summed E-state index contributed by atoms with van der Waals surface area (Å²) in [6.07, 6.45) is 0.257. The molecule has 3 rings (SSSR count). The van der Waals surface area contributed by atoms with Crippen LogP contribution in [0.25, 0.3) is 11.4 Å². The van der Waals surface area contributed by atoms with E-state index < -0.39 is 0 Å². The summed E-state index contributed by atoms with van der Waals surface area (Å²) in [5, 5.41) is 10.7. The van der Waals surface area contributed by atoms with Gasteiger partial charge in [-0.1, -0.05) is 24.3 Å². The lowest BCUT2D eigenvalue weighted by molar-refractivity contribution is -0.121. The molecule has 1 aromatic heterocycles. The van der Waals surface area contributed by atoms with Crippen LogP contribution >= 0.6 is 0 Å². The number of methoxy groups -OCH3 is 1. The number of hydrogen-bond donors (Lipinski definition) is 2. The van der Waals surface area contributed by atoms with Crippen molar-refractivity contribution in [3.05, 3.63) is 76.0 Å². The van der Waals surface area contributed by atoms with E-state index in [0.29, 0.717) is 17.1 Å². The van der Waals surface area contributed by atoms with Crippen molar-refractivity contribution in [2.75, 3.05) is 7.11 Å². The van der Waals surface area contributed by atoms with Crippen molar-refractivity contribution in [2.45, 2.75) is 19.4 Å². The number of rotatable bonds is 7. The number of hydrogen-bond acceptors (Lipinski definition) is 5. The Kier molecular flexibility index (Phi) is 6.11. The monoisotopic (exact) mass is 382 g/mol. The Bertz CT molecular complexity index is 1020. The van der Waals surface area contributed by atoms with Crippen molar-refractivity contribution in [3.8, 4) is 17.1 Å². The van der Waals surface area contributed by atoms with E-state index in [2.05, 4.69) is 20.5 Å². The van der Waals surface area contributed by atoms with E-state index in [1.54, 1.807) is 43.5 Å². The fourth-order valence-electron chi connectivity index (χ4n) is 2.55. The van der Waals surface area contributed by atoms with Gasteiger partial charge in [-0.15, -0.1) is 10.2 Å². The maximum Gasteiger partial charge on any atom is 0.273 e. The van der Waals surface area contributed by atoms with E-state index in [1.165, 1.54) is 12.1 Å². The third kappa shape index (κ3) is 5.00. The van der Waals surface area contributed by atoms with Gasteiger partial charge in [0.2, 0.25) is 5.91 Å². The first kappa shape index (κ1) is 19.2. The van der Waals surface area contributed by atoms with Crippen LogP contribution in [0.1, 0.15) is 17.7 Å². The molecule has 7 nitrogen and oxygen atoms in total. The average Bonchev–Trinajstić information content (AvgIpc) is 2.72. The zero-order valence-electron chi connectivity index (χ0n) is 15.2. The Labute approximate surface area is 160 Å². The molecule has 3 aromatic rings. The fraction of sp³-hybridized carbons (Fsp3) is 0.200. The van der Waals surface area contributed by atoms with Crippen molar-refractivity contribution in [1.82, 2.24) is 20.5 Å². The summed E-state index contributed by atoms with van der Waals surface area (Å²) in [5.74, 6) is 0.406. The topological polar surface area (TPSA) is 97.0 Å². The smallest absolute Gasteiger partial charge is 0.273 e. The van der Waals surface area contributed by atoms with E-state index in [0.717, 1.165) is 5.56 Å². The number of benzene rings is 2. The molecule has 0 radical (unpaired) electrons. The molecule has 8 heteroatoms. The summed E-state index contributed by atoms with van der Waals surface area (Å²) in [6, 6.07) is 13.0. The number of aromatic nitrogens is 3. The number of ether oxygens (including phenoxy) is 1. The number of aryl methyl sites for hydroxylation is 1. The highest BCUT2D eigenvalue weighted by Gasteiger charge is 2.10. The molecule has 2 N–H and O–H groups in total. The number of halogens is 1. The van der Waals surface area contributed by atoms with Crippen LogP contribution < -0.4 is 15.6 Å². The summed E-state index contributed by atoms with van der Waals surface area (Å²) in [5.41, 5.74) is 1.25. The average molecular weight is 382 g/mol. The number of nitrogens with one attached hydrogen (secondary N) is 2. The standard InChI is InChI=1S/C20H19FN4O3/c1-28-16-4-2-3-14(11-16)19-23-20(27)17(24-25-19)9-10-18(26)22-12-13-5-7-15(21)8-6-13/h2-8,11H,9-10,12H2,1H3,(H,22,26)(H,23,25,27). The minimum absolute atomic E-state index is 0.0947. The van der Waals surface area contributed by atoms with Crippen LogP contribution in [0.4, 0.5) is 4.39 Å². The van der Waals surface area contributed by atoms with Crippen LogP contribution in [0, 0.1) is 5.82 Å². The second-order valence-electron chi connectivity index (χ2n) is 6.08. The van der Waals surface area contributed by atoms with Crippen molar-refractivity contribution in [3.63, 3.8) is 0 Å². The molecule has 0 unspecified atom stereocenters. The van der Waals surface area contributed by atoms with E-state index in [1.807, 2.05) is 0 Å². The Hall–Kier alpha value is -3.55. The van der Waals surface area contributed by atoms with Gasteiger partial charge in [0, 0.05) is 24.9 Å². The number of carbonyl (C=O) groups is 1. The van der Waals surface area contributed by atoms with Crippen molar-refractivity contribution in [1.29, 1.82) is 0 Å². The van der Waals surface area contributed by atoms with Crippen LogP contribution in [0.2, 0.25) is 0 Å². The maximum atomic E-state index is 12.9. The fourth-order valence-corrected chi connectivity index (χ4v) is 2.55. The van der Waals surface area contributed by atoms with Gasteiger partial charge in [0.25, 0.3) is 5.56 Å². The molecule has 144 valence electrons. The minimum Gasteiger partial charge on any atom is -0.497 e. The normalized spacial score (nSPS) is 10.5. The van der Waals surface area contributed by atoms with Crippen LogP contribution in [-0.4, -0.2) is 28.2 Å². The highest BCUT2D eigenvalue weighted by Crippen LogP contribution is 2.19. The molecule has 0 atom stereocenters. The first-order chi connectivity index (χ1) is 13.5. The predicted octanol–water partition coefficient (Wildman–Crippen LogP) is 2.23. The highest BCUT2D eigenvalue weighted by atomic mass is 19.1. The molecule has 1 amide bonds. The minimum atomic E-state index is -0.390. The zero-order chi connectivity index (χ0) is 19.9. The molecular formula is C20H19FN4O3. The Balaban J connectivity index is 1.57. The van der Waals surface area contributed by atoms with E-state index in [9.17, 15) is 14.0 Å². The van der Waals surface area contributed by atoms with Gasteiger partial charge in [-0.25, -0.2) is 4.39 Å². The van der Waals surface area contributed by atoms with Crippen LogP contribution in [0.5, 0.6) is 5.75 Å². The highest BCUT2D eigenvalue weighted by molar-refractivity contribution is 5.76. The Morgan fingerprint density at radius 2 is 1.96 bits per heavy atom. The van der Waals surface area contributed by atoms with Crippen molar-refractivity contribution < 1.29 is 13.9 Å². The van der Waals surface area contributed by atoms with Gasteiger partial charge in [-0.05, 0) is 29.8 Å².